The first-order valence-corrected chi connectivity index (χ1v) is 9.76. The molecule has 1 aromatic heterocycles. The Morgan fingerprint density at radius 3 is 2.62 bits per heavy atom. The summed E-state index contributed by atoms with van der Waals surface area (Å²) < 4.78 is 0. The number of nitrogens with one attached hydrogen (secondary N) is 1. The van der Waals surface area contributed by atoms with Gasteiger partial charge in [-0.15, -0.1) is 11.3 Å². The summed E-state index contributed by atoms with van der Waals surface area (Å²) in [5.74, 6) is 0.0162. The number of anilines is 1. The third-order valence-electron chi connectivity index (χ3n) is 4.78. The standard InChI is InChI=1S/C20H22N4OS/c25-19(22-20-21-8-13-26-20)15-24-11-9-23(10-12-24)14-17-6-3-5-16-4-1-2-7-18(16)17/h1-8,13H,9-12,14-15H2,(H,21,22,25). The van der Waals surface area contributed by atoms with Crippen LogP contribution >= 0.6 is 11.3 Å². The van der Waals surface area contributed by atoms with E-state index in [1.165, 1.54) is 27.7 Å². The van der Waals surface area contributed by atoms with Gasteiger partial charge in [-0.25, -0.2) is 4.98 Å². The number of piperazine rings is 1. The molecule has 0 saturated carbocycles. The van der Waals surface area contributed by atoms with E-state index in [1.807, 2.05) is 5.38 Å². The van der Waals surface area contributed by atoms with Crippen molar-refractivity contribution >= 4 is 33.1 Å². The molecule has 134 valence electrons. The Balaban J connectivity index is 1.30. The minimum Gasteiger partial charge on any atom is -0.301 e. The van der Waals surface area contributed by atoms with E-state index in [0.29, 0.717) is 11.7 Å². The van der Waals surface area contributed by atoms with Crippen LogP contribution in [0.3, 0.4) is 0 Å². The first-order chi connectivity index (χ1) is 12.8. The molecule has 1 saturated heterocycles. The van der Waals surface area contributed by atoms with Gasteiger partial charge in [0.05, 0.1) is 6.54 Å². The molecule has 0 atom stereocenters. The molecule has 1 aliphatic heterocycles. The summed E-state index contributed by atoms with van der Waals surface area (Å²) in [6, 6.07) is 15.1. The van der Waals surface area contributed by atoms with Gasteiger partial charge in [-0.1, -0.05) is 42.5 Å². The fraction of sp³-hybridized carbons (Fsp3) is 0.300. The Kier molecular flexibility index (Phi) is 5.24. The average Bonchev–Trinajstić information content (AvgIpc) is 3.16. The first-order valence-electron chi connectivity index (χ1n) is 8.88. The van der Waals surface area contributed by atoms with Crippen molar-refractivity contribution in [1.29, 1.82) is 0 Å². The van der Waals surface area contributed by atoms with Crippen molar-refractivity contribution in [2.24, 2.45) is 0 Å². The molecule has 0 unspecified atom stereocenters. The molecule has 2 heterocycles. The largest absolute Gasteiger partial charge is 0.301 e. The zero-order valence-corrected chi connectivity index (χ0v) is 15.4. The number of rotatable bonds is 5. The molecule has 1 aliphatic rings. The molecule has 4 rings (SSSR count). The van der Waals surface area contributed by atoms with Crippen LogP contribution in [0.5, 0.6) is 0 Å². The van der Waals surface area contributed by atoms with Crippen molar-refractivity contribution in [3.63, 3.8) is 0 Å². The maximum atomic E-state index is 12.1. The third-order valence-corrected chi connectivity index (χ3v) is 5.47. The van der Waals surface area contributed by atoms with Gasteiger partial charge in [0.1, 0.15) is 0 Å². The fourth-order valence-electron chi connectivity index (χ4n) is 3.42. The second-order valence-electron chi connectivity index (χ2n) is 6.58. The molecular formula is C20H22N4OS. The topological polar surface area (TPSA) is 48.5 Å². The SMILES string of the molecule is O=C(CN1CCN(Cc2cccc3ccccc23)CC1)Nc1nccs1. The van der Waals surface area contributed by atoms with E-state index in [-0.39, 0.29) is 5.91 Å². The molecule has 1 fully saturated rings. The molecular weight excluding hydrogens is 344 g/mol. The van der Waals surface area contributed by atoms with Crippen LogP contribution in [0.1, 0.15) is 5.56 Å². The number of hydrogen-bond acceptors (Lipinski definition) is 5. The molecule has 3 aromatic rings. The normalized spacial score (nSPS) is 16.0. The van der Waals surface area contributed by atoms with E-state index in [2.05, 4.69) is 62.6 Å². The van der Waals surface area contributed by atoms with Gasteiger partial charge in [0.25, 0.3) is 0 Å². The average molecular weight is 366 g/mol. The van der Waals surface area contributed by atoms with E-state index < -0.39 is 0 Å². The molecule has 5 nitrogen and oxygen atoms in total. The molecule has 1 amide bonds. The van der Waals surface area contributed by atoms with Gasteiger partial charge in [-0.2, -0.15) is 0 Å². The summed E-state index contributed by atoms with van der Waals surface area (Å²) >= 11 is 1.45. The zero-order chi connectivity index (χ0) is 17.8. The number of thiazole rings is 1. The van der Waals surface area contributed by atoms with Crippen molar-refractivity contribution < 1.29 is 4.79 Å². The zero-order valence-electron chi connectivity index (χ0n) is 14.6. The van der Waals surface area contributed by atoms with Crippen LogP contribution in [0.25, 0.3) is 10.8 Å². The predicted molar refractivity (Wildman–Crippen MR) is 106 cm³/mol. The minimum absolute atomic E-state index is 0.0162. The lowest BCUT2D eigenvalue weighted by atomic mass is 10.0. The number of aromatic nitrogens is 1. The highest BCUT2D eigenvalue weighted by molar-refractivity contribution is 7.13. The Morgan fingerprint density at radius 1 is 1.04 bits per heavy atom. The summed E-state index contributed by atoms with van der Waals surface area (Å²) in [4.78, 5) is 20.9. The second kappa shape index (κ2) is 7.95. The Morgan fingerprint density at radius 2 is 1.81 bits per heavy atom. The summed E-state index contributed by atoms with van der Waals surface area (Å²) in [6.07, 6.45) is 1.70. The van der Waals surface area contributed by atoms with Gasteiger partial charge in [0.2, 0.25) is 5.91 Å². The van der Waals surface area contributed by atoms with Crippen molar-refractivity contribution in [2.45, 2.75) is 6.54 Å². The van der Waals surface area contributed by atoms with Crippen LogP contribution in [0.2, 0.25) is 0 Å². The van der Waals surface area contributed by atoms with Gasteiger partial charge < -0.3 is 5.32 Å². The van der Waals surface area contributed by atoms with E-state index >= 15 is 0 Å². The van der Waals surface area contributed by atoms with Gasteiger partial charge in [-0.3, -0.25) is 14.6 Å². The predicted octanol–water partition coefficient (Wildman–Crippen LogP) is 3.05. The third kappa shape index (κ3) is 4.09. The van der Waals surface area contributed by atoms with Gasteiger partial charge in [0.15, 0.2) is 5.13 Å². The van der Waals surface area contributed by atoms with E-state index in [0.717, 1.165) is 32.7 Å². The Labute approximate surface area is 157 Å². The van der Waals surface area contributed by atoms with Crippen molar-refractivity contribution in [3.05, 3.63) is 59.6 Å². The smallest absolute Gasteiger partial charge is 0.240 e. The highest BCUT2D eigenvalue weighted by Gasteiger charge is 2.19. The summed E-state index contributed by atoms with van der Waals surface area (Å²) in [5, 5.41) is 8.01. The van der Waals surface area contributed by atoms with E-state index in [9.17, 15) is 4.79 Å². The van der Waals surface area contributed by atoms with Crippen LogP contribution in [0, 0.1) is 0 Å². The monoisotopic (exact) mass is 366 g/mol. The second-order valence-corrected chi connectivity index (χ2v) is 7.47. The number of carbonyl (C=O) groups is 1. The van der Waals surface area contributed by atoms with Crippen molar-refractivity contribution in [2.75, 3.05) is 38.0 Å². The van der Waals surface area contributed by atoms with E-state index in [4.69, 9.17) is 0 Å². The molecule has 0 radical (unpaired) electrons. The van der Waals surface area contributed by atoms with Crippen LogP contribution in [-0.2, 0) is 11.3 Å². The molecule has 2 aromatic carbocycles. The number of nitrogens with zero attached hydrogens (tertiary/aromatic N) is 3. The maximum absolute atomic E-state index is 12.1. The highest BCUT2D eigenvalue weighted by Crippen LogP contribution is 2.20. The van der Waals surface area contributed by atoms with Crippen LogP contribution in [-0.4, -0.2) is 53.4 Å². The first kappa shape index (κ1) is 17.1. The number of fused-ring (bicyclic) bond motifs is 1. The fourth-order valence-corrected chi connectivity index (χ4v) is 3.97. The lowest BCUT2D eigenvalue weighted by Gasteiger charge is -2.34. The molecule has 1 N–H and O–H groups in total. The summed E-state index contributed by atoms with van der Waals surface area (Å²) in [6.45, 7) is 5.18. The van der Waals surface area contributed by atoms with Crippen LogP contribution in [0.4, 0.5) is 5.13 Å². The molecule has 0 bridgehead atoms. The maximum Gasteiger partial charge on any atom is 0.240 e. The summed E-state index contributed by atoms with van der Waals surface area (Å²) in [7, 11) is 0. The lowest BCUT2D eigenvalue weighted by molar-refractivity contribution is -0.117. The minimum atomic E-state index is 0.0162. The molecule has 0 aliphatic carbocycles. The van der Waals surface area contributed by atoms with E-state index in [1.54, 1.807) is 6.20 Å². The molecule has 6 heteroatoms. The van der Waals surface area contributed by atoms with Gasteiger partial charge >= 0.3 is 0 Å². The van der Waals surface area contributed by atoms with Crippen molar-refractivity contribution in [3.8, 4) is 0 Å². The van der Waals surface area contributed by atoms with Crippen LogP contribution < -0.4 is 5.32 Å². The molecule has 26 heavy (non-hydrogen) atoms. The van der Waals surface area contributed by atoms with Gasteiger partial charge in [0, 0.05) is 44.3 Å². The number of benzene rings is 2. The van der Waals surface area contributed by atoms with Crippen molar-refractivity contribution in [1.82, 2.24) is 14.8 Å². The quantitative estimate of drug-likeness (QED) is 0.754. The lowest BCUT2D eigenvalue weighted by Crippen LogP contribution is -2.48. The van der Waals surface area contributed by atoms with Crippen LogP contribution in [0.15, 0.2) is 54.0 Å². The Bertz CT molecular complexity index is 867. The molecule has 0 spiro atoms. The number of carbonyl (C=O) groups excluding carboxylic acids is 1. The summed E-state index contributed by atoms with van der Waals surface area (Å²) in [5.41, 5.74) is 1.37. The number of hydrogen-bond donors (Lipinski definition) is 1. The van der Waals surface area contributed by atoms with Gasteiger partial charge in [-0.05, 0) is 16.3 Å². The Hall–Kier alpha value is -2.28. The number of amides is 1. The highest BCUT2D eigenvalue weighted by atomic mass is 32.1.